The molecule has 0 spiro atoms. The van der Waals surface area contributed by atoms with Crippen LogP contribution in [0.5, 0.6) is 17.2 Å². The van der Waals surface area contributed by atoms with Gasteiger partial charge in [-0.2, -0.15) is 0 Å². The lowest BCUT2D eigenvalue weighted by Gasteiger charge is -2.41. The van der Waals surface area contributed by atoms with Gasteiger partial charge in [0.1, 0.15) is 5.75 Å². The first kappa shape index (κ1) is 15.3. The molecule has 2 N–H and O–H groups in total. The Balaban J connectivity index is 2.13. The van der Waals surface area contributed by atoms with Gasteiger partial charge in [-0.3, -0.25) is 4.90 Å². The van der Waals surface area contributed by atoms with E-state index in [2.05, 4.69) is 11.9 Å². The summed E-state index contributed by atoms with van der Waals surface area (Å²) in [5.74, 6) is 1.12. The third-order valence-corrected chi connectivity index (χ3v) is 5.73. The Morgan fingerprint density at radius 3 is 2.67 bits per heavy atom. The van der Waals surface area contributed by atoms with Crippen LogP contribution in [0.2, 0.25) is 0 Å². The zero-order chi connectivity index (χ0) is 17.2. The third-order valence-electron chi connectivity index (χ3n) is 5.73. The molecule has 126 valence electrons. The molecule has 24 heavy (non-hydrogen) atoms. The summed E-state index contributed by atoms with van der Waals surface area (Å²) >= 11 is 0. The van der Waals surface area contributed by atoms with Crippen LogP contribution in [0.1, 0.15) is 33.9 Å². The molecule has 0 aromatic heterocycles. The maximum Gasteiger partial charge on any atom is 0.168 e. The highest BCUT2D eigenvalue weighted by molar-refractivity contribution is 5.85. The Kier molecular flexibility index (Phi) is 3.29. The lowest BCUT2D eigenvalue weighted by atomic mass is 9.75. The number of rotatable bonds is 1. The number of benzene rings is 2. The van der Waals surface area contributed by atoms with Gasteiger partial charge in [0.25, 0.3) is 0 Å². The number of hydrogen-bond acceptors (Lipinski definition) is 4. The average Bonchev–Trinajstić information content (AvgIpc) is 2.56. The standard InChI is InChI=1S/C20H23NO3/c1-10-7-14-12(9-16(10)22)8-15-17-13(5-6-21(15)3)11(2)19(23)20(24-4)18(14)17/h7,9,15,22-23H,5-6,8H2,1-4H3. The Hall–Kier alpha value is -2.20. The second-order valence-electron chi connectivity index (χ2n) is 7.02. The molecule has 1 aliphatic heterocycles. The number of fused-ring (bicyclic) bond motifs is 2. The summed E-state index contributed by atoms with van der Waals surface area (Å²) in [6.07, 6.45) is 1.80. The van der Waals surface area contributed by atoms with Gasteiger partial charge in [-0.05, 0) is 79.3 Å². The first-order valence-electron chi connectivity index (χ1n) is 8.39. The minimum atomic E-state index is 0.244. The fourth-order valence-corrected chi connectivity index (χ4v) is 4.33. The van der Waals surface area contributed by atoms with Crippen LogP contribution < -0.4 is 4.74 Å². The summed E-state index contributed by atoms with van der Waals surface area (Å²) in [7, 11) is 3.76. The third kappa shape index (κ3) is 1.89. The molecule has 1 atom stereocenters. The van der Waals surface area contributed by atoms with Gasteiger partial charge < -0.3 is 14.9 Å². The van der Waals surface area contributed by atoms with E-state index in [1.54, 1.807) is 7.11 Å². The molecule has 0 saturated heterocycles. The predicted molar refractivity (Wildman–Crippen MR) is 94.0 cm³/mol. The number of aryl methyl sites for hydroxylation is 1. The highest BCUT2D eigenvalue weighted by Gasteiger charge is 2.37. The largest absolute Gasteiger partial charge is 0.508 e. The van der Waals surface area contributed by atoms with E-state index in [4.69, 9.17) is 4.74 Å². The van der Waals surface area contributed by atoms with E-state index in [-0.39, 0.29) is 11.8 Å². The van der Waals surface area contributed by atoms with Crippen LogP contribution in [0.15, 0.2) is 12.1 Å². The molecule has 4 rings (SSSR count). The van der Waals surface area contributed by atoms with E-state index in [9.17, 15) is 10.2 Å². The molecular weight excluding hydrogens is 302 g/mol. The first-order chi connectivity index (χ1) is 11.4. The maximum absolute atomic E-state index is 10.7. The van der Waals surface area contributed by atoms with Gasteiger partial charge in [0.15, 0.2) is 11.5 Å². The molecule has 0 bridgehead atoms. The van der Waals surface area contributed by atoms with Crippen molar-refractivity contribution in [3.8, 4) is 28.4 Å². The van der Waals surface area contributed by atoms with Crippen LogP contribution in [-0.2, 0) is 12.8 Å². The summed E-state index contributed by atoms with van der Waals surface area (Å²) < 4.78 is 5.63. The fourth-order valence-electron chi connectivity index (χ4n) is 4.33. The summed E-state index contributed by atoms with van der Waals surface area (Å²) in [6, 6.07) is 4.14. The number of likely N-dealkylation sites (N-methyl/N-ethyl adjacent to an activating group) is 1. The maximum atomic E-state index is 10.7. The van der Waals surface area contributed by atoms with E-state index in [0.717, 1.165) is 47.2 Å². The molecule has 1 heterocycles. The molecule has 0 saturated carbocycles. The van der Waals surface area contributed by atoms with Gasteiger partial charge in [0, 0.05) is 18.2 Å². The monoisotopic (exact) mass is 325 g/mol. The lowest BCUT2D eigenvalue weighted by molar-refractivity contribution is 0.226. The molecule has 0 amide bonds. The van der Waals surface area contributed by atoms with Crippen molar-refractivity contribution in [2.24, 2.45) is 0 Å². The first-order valence-corrected chi connectivity index (χ1v) is 8.39. The van der Waals surface area contributed by atoms with Crippen LogP contribution in [-0.4, -0.2) is 35.8 Å². The van der Waals surface area contributed by atoms with Crippen LogP contribution >= 0.6 is 0 Å². The molecule has 1 unspecified atom stereocenters. The van der Waals surface area contributed by atoms with Gasteiger partial charge in [-0.25, -0.2) is 0 Å². The number of ether oxygens (including phenoxy) is 1. The topological polar surface area (TPSA) is 52.9 Å². The highest BCUT2D eigenvalue weighted by Crippen LogP contribution is 2.54. The van der Waals surface area contributed by atoms with Crippen molar-refractivity contribution in [1.29, 1.82) is 0 Å². The van der Waals surface area contributed by atoms with Crippen molar-refractivity contribution < 1.29 is 14.9 Å². The van der Waals surface area contributed by atoms with Crippen molar-refractivity contribution >= 4 is 0 Å². The zero-order valence-corrected chi connectivity index (χ0v) is 14.6. The molecule has 2 aromatic carbocycles. The predicted octanol–water partition coefficient (Wildman–Crippen LogP) is 3.48. The number of nitrogens with zero attached hydrogens (tertiary/aromatic N) is 1. The van der Waals surface area contributed by atoms with Gasteiger partial charge in [0.2, 0.25) is 0 Å². The van der Waals surface area contributed by atoms with E-state index < -0.39 is 0 Å². The summed E-state index contributed by atoms with van der Waals surface area (Å²) in [5, 5.41) is 20.9. The summed E-state index contributed by atoms with van der Waals surface area (Å²) in [4.78, 5) is 2.36. The van der Waals surface area contributed by atoms with Gasteiger partial charge >= 0.3 is 0 Å². The highest BCUT2D eigenvalue weighted by atomic mass is 16.5. The number of phenolic OH excluding ortho intramolecular Hbond substituents is 2. The smallest absolute Gasteiger partial charge is 0.168 e. The van der Waals surface area contributed by atoms with Crippen LogP contribution in [0.3, 0.4) is 0 Å². The minimum absolute atomic E-state index is 0.244. The van der Waals surface area contributed by atoms with Crippen LogP contribution in [0.4, 0.5) is 0 Å². The summed E-state index contributed by atoms with van der Waals surface area (Å²) in [5.41, 5.74) is 7.49. The second kappa shape index (κ2) is 5.15. The minimum Gasteiger partial charge on any atom is -0.508 e. The van der Waals surface area contributed by atoms with Crippen LogP contribution in [0.25, 0.3) is 11.1 Å². The van der Waals surface area contributed by atoms with Gasteiger partial charge in [-0.15, -0.1) is 0 Å². The molecule has 0 radical (unpaired) electrons. The number of phenols is 2. The molecule has 2 aliphatic rings. The molecule has 0 fully saturated rings. The number of aromatic hydroxyl groups is 2. The SMILES string of the molecule is COc1c(O)c(C)c2c3c1-c1cc(C)c(O)cc1CC3N(C)CC2. The molecular formula is C20H23NO3. The van der Waals surface area contributed by atoms with Crippen molar-refractivity contribution in [2.45, 2.75) is 32.7 Å². The Morgan fingerprint density at radius 1 is 1.21 bits per heavy atom. The van der Waals surface area contributed by atoms with Crippen molar-refractivity contribution in [3.05, 3.63) is 39.9 Å². The molecule has 4 nitrogen and oxygen atoms in total. The van der Waals surface area contributed by atoms with E-state index in [1.807, 2.05) is 26.0 Å². The van der Waals surface area contributed by atoms with E-state index in [1.165, 1.54) is 11.1 Å². The van der Waals surface area contributed by atoms with Crippen LogP contribution in [0, 0.1) is 13.8 Å². The number of hydrogen-bond donors (Lipinski definition) is 2. The average molecular weight is 325 g/mol. The normalized spacial score (nSPS) is 18.9. The van der Waals surface area contributed by atoms with Crippen molar-refractivity contribution in [3.63, 3.8) is 0 Å². The fraction of sp³-hybridized carbons (Fsp3) is 0.400. The lowest BCUT2D eigenvalue weighted by Crippen LogP contribution is -2.36. The quantitative estimate of drug-likeness (QED) is 0.843. The number of methoxy groups -OCH3 is 1. The molecule has 4 heteroatoms. The van der Waals surface area contributed by atoms with Crippen molar-refractivity contribution in [2.75, 3.05) is 20.7 Å². The van der Waals surface area contributed by atoms with E-state index >= 15 is 0 Å². The molecule has 1 aliphatic carbocycles. The Morgan fingerprint density at radius 2 is 1.96 bits per heavy atom. The van der Waals surface area contributed by atoms with Gasteiger partial charge in [-0.1, -0.05) is 0 Å². The molecule has 2 aromatic rings. The van der Waals surface area contributed by atoms with Gasteiger partial charge in [0.05, 0.1) is 7.11 Å². The zero-order valence-electron chi connectivity index (χ0n) is 14.6. The van der Waals surface area contributed by atoms with Crippen molar-refractivity contribution in [1.82, 2.24) is 4.90 Å². The summed E-state index contributed by atoms with van der Waals surface area (Å²) in [6.45, 7) is 4.85. The Bertz CT molecular complexity index is 857. The second-order valence-corrected chi connectivity index (χ2v) is 7.02. The Labute approximate surface area is 142 Å². The van der Waals surface area contributed by atoms with E-state index in [0.29, 0.717) is 11.5 Å².